The van der Waals surface area contributed by atoms with Crippen molar-refractivity contribution in [1.29, 1.82) is 0 Å². The standard InChI is InChI=1S/C23H28N2O4/c1-16(2)29-20-12-8-18(9-13-20)23(27)24-15-22(26)25-14-4-5-21(25)17-6-10-19(28-3)11-7-17/h6-13,16,21H,4-5,14-15H2,1-3H3,(H,24,27)/t21-/m1/s1. The molecular weight excluding hydrogens is 368 g/mol. The molecule has 2 aromatic rings. The van der Waals surface area contributed by atoms with E-state index in [-0.39, 0.29) is 30.5 Å². The van der Waals surface area contributed by atoms with Crippen LogP contribution in [0.5, 0.6) is 11.5 Å². The van der Waals surface area contributed by atoms with E-state index in [4.69, 9.17) is 9.47 Å². The third kappa shape index (κ3) is 5.28. The highest BCUT2D eigenvalue weighted by molar-refractivity contribution is 5.96. The molecule has 0 saturated carbocycles. The van der Waals surface area contributed by atoms with Crippen molar-refractivity contribution in [2.75, 3.05) is 20.2 Å². The third-order valence-corrected chi connectivity index (χ3v) is 4.96. The fourth-order valence-corrected chi connectivity index (χ4v) is 3.55. The van der Waals surface area contributed by atoms with Crippen molar-refractivity contribution in [2.24, 2.45) is 0 Å². The van der Waals surface area contributed by atoms with Crippen molar-refractivity contribution in [1.82, 2.24) is 10.2 Å². The maximum atomic E-state index is 12.7. The predicted molar refractivity (Wildman–Crippen MR) is 111 cm³/mol. The molecule has 1 aliphatic rings. The highest BCUT2D eigenvalue weighted by atomic mass is 16.5. The van der Waals surface area contributed by atoms with Crippen LogP contribution in [0.2, 0.25) is 0 Å². The molecule has 0 spiro atoms. The second-order valence-electron chi connectivity index (χ2n) is 7.39. The highest BCUT2D eigenvalue weighted by Gasteiger charge is 2.29. The van der Waals surface area contributed by atoms with E-state index in [1.807, 2.05) is 43.0 Å². The van der Waals surface area contributed by atoms with Gasteiger partial charge in [0, 0.05) is 12.1 Å². The monoisotopic (exact) mass is 396 g/mol. The zero-order chi connectivity index (χ0) is 20.8. The van der Waals surface area contributed by atoms with Gasteiger partial charge in [0.25, 0.3) is 5.91 Å². The molecule has 0 aromatic heterocycles. The Morgan fingerprint density at radius 1 is 1.07 bits per heavy atom. The number of hydrogen-bond acceptors (Lipinski definition) is 4. The zero-order valence-corrected chi connectivity index (χ0v) is 17.2. The Hall–Kier alpha value is -3.02. The van der Waals surface area contributed by atoms with Gasteiger partial charge in [0.15, 0.2) is 0 Å². The van der Waals surface area contributed by atoms with Crippen molar-refractivity contribution in [2.45, 2.75) is 38.8 Å². The van der Waals surface area contributed by atoms with E-state index in [1.165, 1.54) is 0 Å². The summed E-state index contributed by atoms with van der Waals surface area (Å²) in [6, 6.07) is 14.8. The van der Waals surface area contributed by atoms with E-state index in [0.717, 1.165) is 24.2 Å². The van der Waals surface area contributed by atoms with Gasteiger partial charge < -0.3 is 19.7 Å². The van der Waals surface area contributed by atoms with E-state index in [1.54, 1.807) is 31.4 Å². The number of rotatable bonds is 7. The molecule has 154 valence electrons. The predicted octanol–water partition coefficient (Wildman–Crippen LogP) is 3.58. The van der Waals surface area contributed by atoms with Gasteiger partial charge in [-0.2, -0.15) is 0 Å². The van der Waals surface area contributed by atoms with E-state index >= 15 is 0 Å². The molecule has 1 N–H and O–H groups in total. The summed E-state index contributed by atoms with van der Waals surface area (Å²) in [5, 5.41) is 2.74. The molecule has 6 nitrogen and oxygen atoms in total. The van der Waals surface area contributed by atoms with Crippen LogP contribution in [0.4, 0.5) is 0 Å². The quantitative estimate of drug-likeness (QED) is 0.777. The number of methoxy groups -OCH3 is 1. The number of nitrogens with zero attached hydrogens (tertiary/aromatic N) is 1. The minimum Gasteiger partial charge on any atom is -0.497 e. The maximum absolute atomic E-state index is 12.7. The van der Waals surface area contributed by atoms with Crippen molar-refractivity contribution in [3.8, 4) is 11.5 Å². The number of likely N-dealkylation sites (tertiary alicyclic amines) is 1. The van der Waals surface area contributed by atoms with Gasteiger partial charge >= 0.3 is 0 Å². The fraction of sp³-hybridized carbons (Fsp3) is 0.391. The first kappa shape index (κ1) is 20.7. The lowest BCUT2D eigenvalue weighted by atomic mass is 10.0. The summed E-state index contributed by atoms with van der Waals surface area (Å²) >= 11 is 0. The number of carbonyl (C=O) groups is 2. The van der Waals surface area contributed by atoms with Gasteiger partial charge in [-0.1, -0.05) is 12.1 Å². The Balaban J connectivity index is 1.56. The van der Waals surface area contributed by atoms with Crippen LogP contribution in [-0.4, -0.2) is 43.0 Å². The molecule has 0 aliphatic carbocycles. The molecule has 1 heterocycles. The van der Waals surface area contributed by atoms with Crippen LogP contribution >= 0.6 is 0 Å². The second kappa shape index (κ2) is 9.45. The first-order chi connectivity index (χ1) is 14.0. The normalized spacial score (nSPS) is 16.0. The fourth-order valence-electron chi connectivity index (χ4n) is 3.55. The van der Waals surface area contributed by atoms with Gasteiger partial charge in [-0.3, -0.25) is 9.59 Å². The molecule has 3 rings (SSSR count). The lowest BCUT2D eigenvalue weighted by Crippen LogP contribution is -2.39. The SMILES string of the molecule is COc1ccc([C@H]2CCCN2C(=O)CNC(=O)c2ccc(OC(C)C)cc2)cc1. The average molecular weight is 396 g/mol. The van der Waals surface area contributed by atoms with Crippen molar-refractivity contribution in [3.63, 3.8) is 0 Å². The van der Waals surface area contributed by atoms with Crippen LogP contribution < -0.4 is 14.8 Å². The molecule has 2 amide bonds. The topological polar surface area (TPSA) is 67.9 Å². The molecule has 1 atom stereocenters. The average Bonchev–Trinajstić information content (AvgIpc) is 3.22. The van der Waals surface area contributed by atoms with Gasteiger partial charge in [0.1, 0.15) is 11.5 Å². The molecule has 29 heavy (non-hydrogen) atoms. The largest absolute Gasteiger partial charge is 0.497 e. The Labute approximate surface area is 171 Å². The molecule has 1 fully saturated rings. The maximum Gasteiger partial charge on any atom is 0.251 e. The molecule has 6 heteroatoms. The minimum atomic E-state index is -0.269. The van der Waals surface area contributed by atoms with Gasteiger partial charge in [-0.05, 0) is 68.7 Å². The number of nitrogens with one attached hydrogen (secondary N) is 1. The molecule has 1 saturated heterocycles. The van der Waals surface area contributed by atoms with Crippen molar-refractivity contribution >= 4 is 11.8 Å². The Kier molecular flexibility index (Phi) is 6.75. The number of hydrogen-bond donors (Lipinski definition) is 1. The number of ether oxygens (including phenoxy) is 2. The van der Waals surface area contributed by atoms with Crippen LogP contribution in [0.3, 0.4) is 0 Å². The zero-order valence-electron chi connectivity index (χ0n) is 17.2. The molecule has 0 radical (unpaired) electrons. The van der Waals surface area contributed by atoms with E-state index in [2.05, 4.69) is 5.32 Å². The summed E-state index contributed by atoms with van der Waals surface area (Å²) in [6.45, 7) is 4.58. The minimum absolute atomic E-state index is 0.0181. The third-order valence-electron chi connectivity index (χ3n) is 4.96. The van der Waals surface area contributed by atoms with Crippen LogP contribution in [0.15, 0.2) is 48.5 Å². The summed E-state index contributed by atoms with van der Waals surface area (Å²) in [7, 11) is 1.63. The summed E-state index contributed by atoms with van der Waals surface area (Å²) < 4.78 is 10.8. The number of amides is 2. The Morgan fingerprint density at radius 2 is 1.72 bits per heavy atom. The summed E-state index contributed by atoms with van der Waals surface area (Å²) in [4.78, 5) is 27.0. The molecule has 2 aromatic carbocycles. The van der Waals surface area contributed by atoms with Crippen LogP contribution in [-0.2, 0) is 4.79 Å². The lowest BCUT2D eigenvalue weighted by molar-refractivity contribution is -0.131. The summed E-state index contributed by atoms with van der Waals surface area (Å²) in [5.74, 6) is 1.17. The van der Waals surface area contributed by atoms with Crippen LogP contribution in [0.1, 0.15) is 48.7 Å². The molecule has 0 bridgehead atoms. The van der Waals surface area contributed by atoms with Gasteiger partial charge in [-0.25, -0.2) is 0 Å². The number of carbonyl (C=O) groups excluding carboxylic acids is 2. The first-order valence-corrected chi connectivity index (χ1v) is 9.96. The number of benzene rings is 2. The Morgan fingerprint density at radius 3 is 2.34 bits per heavy atom. The van der Waals surface area contributed by atoms with E-state index in [9.17, 15) is 9.59 Å². The van der Waals surface area contributed by atoms with Gasteiger partial charge in [0.05, 0.1) is 25.8 Å². The summed E-state index contributed by atoms with van der Waals surface area (Å²) in [5.41, 5.74) is 1.59. The van der Waals surface area contributed by atoms with Crippen molar-refractivity contribution in [3.05, 3.63) is 59.7 Å². The van der Waals surface area contributed by atoms with E-state index < -0.39 is 0 Å². The second-order valence-corrected chi connectivity index (χ2v) is 7.39. The smallest absolute Gasteiger partial charge is 0.251 e. The Bertz CT molecular complexity index is 831. The van der Waals surface area contributed by atoms with Crippen LogP contribution in [0, 0.1) is 0 Å². The summed E-state index contributed by atoms with van der Waals surface area (Å²) in [6.07, 6.45) is 1.95. The molecular formula is C23H28N2O4. The highest BCUT2D eigenvalue weighted by Crippen LogP contribution is 2.32. The van der Waals surface area contributed by atoms with Gasteiger partial charge in [-0.15, -0.1) is 0 Å². The molecule has 0 unspecified atom stereocenters. The first-order valence-electron chi connectivity index (χ1n) is 9.96. The van der Waals surface area contributed by atoms with E-state index in [0.29, 0.717) is 17.9 Å². The van der Waals surface area contributed by atoms with Crippen molar-refractivity contribution < 1.29 is 19.1 Å². The van der Waals surface area contributed by atoms with Crippen LogP contribution in [0.25, 0.3) is 0 Å². The lowest BCUT2D eigenvalue weighted by Gasteiger charge is -2.25. The van der Waals surface area contributed by atoms with Gasteiger partial charge in [0.2, 0.25) is 5.91 Å². The molecule has 1 aliphatic heterocycles.